The van der Waals surface area contributed by atoms with Gasteiger partial charge in [0.1, 0.15) is 5.75 Å². The minimum absolute atomic E-state index is 0.342. The monoisotopic (exact) mass is 341 g/mol. The number of methoxy groups -OCH3 is 1. The number of hydrogen-bond donors (Lipinski definition) is 1. The third-order valence-corrected chi connectivity index (χ3v) is 3.86. The van der Waals surface area contributed by atoms with Gasteiger partial charge >= 0.3 is 0 Å². The highest BCUT2D eigenvalue weighted by Gasteiger charge is 2.18. The van der Waals surface area contributed by atoms with Gasteiger partial charge in [0.25, 0.3) is 0 Å². The molecule has 20 heavy (non-hydrogen) atoms. The summed E-state index contributed by atoms with van der Waals surface area (Å²) < 4.78 is 6.32. The lowest BCUT2D eigenvalue weighted by atomic mass is 9.86. The standard InChI is InChI=1S/C17H28BrNO/c1-6-9-19-14(12-17(2,3)4)10-13-7-8-16(20-5)15(18)11-13/h7-8,11,14,19H,6,9-10,12H2,1-5H3. The van der Waals surface area contributed by atoms with E-state index in [2.05, 4.69) is 61.1 Å². The predicted molar refractivity (Wildman–Crippen MR) is 90.6 cm³/mol. The third kappa shape index (κ3) is 6.27. The maximum absolute atomic E-state index is 5.29. The van der Waals surface area contributed by atoms with Crippen LogP contribution < -0.4 is 10.1 Å². The van der Waals surface area contributed by atoms with E-state index in [0.717, 1.165) is 23.2 Å². The topological polar surface area (TPSA) is 21.3 Å². The van der Waals surface area contributed by atoms with Gasteiger partial charge in [0.15, 0.2) is 0 Å². The molecule has 0 bridgehead atoms. The molecule has 1 N–H and O–H groups in total. The molecule has 0 aliphatic carbocycles. The summed E-state index contributed by atoms with van der Waals surface area (Å²) in [7, 11) is 1.70. The Labute approximate surface area is 132 Å². The van der Waals surface area contributed by atoms with Gasteiger partial charge in [0.2, 0.25) is 0 Å². The fourth-order valence-corrected chi connectivity index (χ4v) is 3.01. The fraction of sp³-hybridized carbons (Fsp3) is 0.647. The van der Waals surface area contributed by atoms with Crippen molar-refractivity contribution in [1.29, 1.82) is 0 Å². The second-order valence-corrected chi connectivity index (χ2v) is 7.44. The molecule has 1 unspecified atom stereocenters. The zero-order valence-electron chi connectivity index (χ0n) is 13.4. The van der Waals surface area contributed by atoms with Gasteiger partial charge in [0, 0.05) is 6.04 Å². The first kappa shape index (κ1) is 17.5. The number of rotatable bonds is 7. The molecule has 0 aromatic heterocycles. The quantitative estimate of drug-likeness (QED) is 0.768. The van der Waals surface area contributed by atoms with Crippen molar-refractivity contribution in [2.45, 2.75) is 53.0 Å². The summed E-state index contributed by atoms with van der Waals surface area (Å²) in [6.45, 7) is 10.2. The molecule has 0 spiro atoms. The lowest BCUT2D eigenvalue weighted by Gasteiger charge is -2.27. The molecule has 0 saturated heterocycles. The Hall–Kier alpha value is -0.540. The van der Waals surface area contributed by atoms with Crippen LogP contribution in [0.2, 0.25) is 0 Å². The first-order valence-electron chi connectivity index (χ1n) is 7.41. The van der Waals surface area contributed by atoms with Crippen LogP contribution >= 0.6 is 15.9 Å². The molecule has 1 aromatic rings. The van der Waals surface area contributed by atoms with Crippen molar-refractivity contribution >= 4 is 15.9 Å². The molecular formula is C17H28BrNO. The van der Waals surface area contributed by atoms with Crippen molar-refractivity contribution in [2.75, 3.05) is 13.7 Å². The first-order chi connectivity index (χ1) is 9.35. The molecule has 0 radical (unpaired) electrons. The van der Waals surface area contributed by atoms with Crippen LogP contribution in [0.4, 0.5) is 0 Å². The van der Waals surface area contributed by atoms with E-state index in [1.54, 1.807) is 7.11 Å². The Morgan fingerprint density at radius 2 is 2.00 bits per heavy atom. The summed E-state index contributed by atoms with van der Waals surface area (Å²) in [5, 5.41) is 3.68. The van der Waals surface area contributed by atoms with E-state index >= 15 is 0 Å². The lowest BCUT2D eigenvalue weighted by Crippen LogP contribution is -2.35. The molecule has 0 aliphatic heterocycles. The largest absolute Gasteiger partial charge is 0.496 e. The van der Waals surface area contributed by atoms with E-state index in [1.165, 1.54) is 18.4 Å². The number of ether oxygens (including phenoxy) is 1. The molecule has 0 heterocycles. The van der Waals surface area contributed by atoms with Crippen LogP contribution in [0.1, 0.15) is 46.1 Å². The van der Waals surface area contributed by atoms with Crippen molar-refractivity contribution < 1.29 is 4.74 Å². The van der Waals surface area contributed by atoms with Gasteiger partial charge in [-0.3, -0.25) is 0 Å². The summed E-state index contributed by atoms with van der Waals surface area (Å²) >= 11 is 3.57. The van der Waals surface area contributed by atoms with Crippen molar-refractivity contribution in [3.63, 3.8) is 0 Å². The number of halogens is 1. The van der Waals surface area contributed by atoms with Gasteiger partial charge in [-0.2, -0.15) is 0 Å². The Morgan fingerprint density at radius 3 is 2.50 bits per heavy atom. The van der Waals surface area contributed by atoms with E-state index in [0.29, 0.717) is 11.5 Å². The average Bonchev–Trinajstić information content (AvgIpc) is 2.34. The van der Waals surface area contributed by atoms with Crippen molar-refractivity contribution in [3.05, 3.63) is 28.2 Å². The van der Waals surface area contributed by atoms with E-state index < -0.39 is 0 Å². The molecule has 1 atom stereocenters. The van der Waals surface area contributed by atoms with E-state index in [9.17, 15) is 0 Å². The van der Waals surface area contributed by atoms with Crippen LogP contribution in [0.3, 0.4) is 0 Å². The highest BCUT2D eigenvalue weighted by Crippen LogP contribution is 2.27. The van der Waals surface area contributed by atoms with Gasteiger partial charge in [0.05, 0.1) is 11.6 Å². The van der Waals surface area contributed by atoms with Crippen LogP contribution in [0.25, 0.3) is 0 Å². The van der Waals surface area contributed by atoms with Crippen LogP contribution in [0.5, 0.6) is 5.75 Å². The Kier molecular flexibility index (Phi) is 7.04. The molecule has 114 valence electrons. The smallest absolute Gasteiger partial charge is 0.133 e. The highest BCUT2D eigenvalue weighted by atomic mass is 79.9. The average molecular weight is 342 g/mol. The summed E-state index contributed by atoms with van der Waals surface area (Å²) in [6.07, 6.45) is 3.41. The predicted octanol–water partition coefficient (Wildman–Crippen LogP) is 4.80. The molecule has 0 aliphatic rings. The molecule has 1 rings (SSSR count). The maximum atomic E-state index is 5.29. The third-order valence-electron chi connectivity index (χ3n) is 3.24. The van der Waals surface area contributed by atoms with Crippen molar-refractivity contribution in [2.24, 2.45) is 5.41 Å². The number of nitrogens with one attached hydrogen (secondary N) is 1. The second kappa shape index (κ2) is 8.04. The maximum Gasteiger partial charge on any atom is 0.133 e. The highest BCUT2D eigenvalue weighted by molar-refractivity contribution is 9.10. The normalized spacial score (nSPS) is 13.3. The lowest BCUT2D eigenvalue weighted by molar-refractivity contribution is 0.306. The van der Waals surface area contributed by atoms with Gasteiger partial charge in [-0.1, -0.05) is 33.8 Å². The SMILES string of the molecule is CCCNC(Cc1ccc(OC)c(Br)c1)CC(C)(C)C. The van der Waals surface area contributed by atoms with Gasteiger partial charge < -0.3 is 10.1 Å². The van der Waals surface area contributed by atoms with Gasteiger partial charge in [-0.25, -0.2) is 0 Å². The summed E-state index contributed by atoms with van der Waals surface area (Å²) in [6, 6.07) is 6.89. The molecule has 0 saturated carbocycles. The van der Waals surface area contributed by atoms with E-state index in [-0.39, 0.29) is 0 Å². The van der Waals surface area contributed by atoms with Crippen molar-refractivity contribution in [1.82, 2.24) is 5.32 Å². The summed E-state index contributed by atoms with van der Waals surface area (Å²) in [5.74, 6) is 0.891. The van der Waals surface area contributed by atoms with Gasteiger partial charge in [-0.15, -0.1) is 0 Å². The van der Waals surface area contributed by atoms with E-state index in [4.69, 9.17) is 4.74 Å². The Bertz CT molecular complexity index is 412. The van der Waals surface area contributed by atoms with Crippen LogP contribution in [-0.2, 0) is 6.42 Å². The molecule has 2 nitrogen and oxygen atoms in total. The molecule has 3 heteroatoms. The molecule has 0 fully saturated rings. The minimum atomic E-state index is 0.342. The minimum Gasteiger partial charge on any atom is -0.496 e. The zero-order chi connectivity index (χ0) is 15.2. The first-order valence-corrected chi connectivity index (χ1v) is 8.21. The second-order valence-electron chi connectivity index (χ2n) is 6.59. The number of benzene rings is 1. The summed E-state index contributed by atoms with van der Waals surface area (Å²) in [5.41, 5.74) is 1.69. The molecule has 0 amide bonds. The fourth-order valence-electron chi connectivity index (χ4n) is 2.43. The van der Waals surface area contributed by atoms with Crippen LogP contribution in [-0.4, -0.2) is 19.7 Å². The van der Waals surface area contributed by atoms with Crippen LogP contribution in [0.15, 0.2) is 22.7 Å². The van der Waals surface area contributed by atoms with Crippen LogP contribution in [0, 0.1) is 5.41 Å². The van der Waals surface area contributed by atoms with Crippen molar-refractivity contribution in [3.8, 4) is 5.75 Å². The molecule has 1 aromatic carbocycles. The number of hydrogen-bond acceptors (Lipinski definition) is 2. The Balaban J connectivity index is 2.75. The summed E-state index contributed by atoms with van der Waals surface area (Å²) in [4.78, 5) is 0. The van der Waals surface area contributed by atoms with Gasteiger partial charge in [-0.05, 0) is 64.8 Å². The Morgan fingerprint density at radius 1 is 1.30 bits per heavy atom. The zero-order valence-corrected chi connectivity index (χ0v) is 15.0. The van der Waals surface area contributed by atoms with E-state index in [1.807, 2.05) is 6.07 Å². The molecular weight excluding hydrogens is 314 g/mol.